The van der Waals surface area contributed by atoms with Crippen LogP contribution in [0.15, 0.2) is 0 Å². The lowest BCUT2D eigenvalue weighted by molar-refractivity contribution is -0.365. The van der Waals surface area contributed by atoms with Gasteiger partial charge in [0.15, 0.2) is 31.5 Å². The zero-order chi connectivity index (χ0) is 39.2. The minimum Gasteiger partial charge on any atom is -0.376 e. The van der Waals surface area contributed by atoms with Crippen molar-refractivity contribution < 1.29 is 94.7 Å². The Morgan fingerprint density at radius 2 is 0.382 bits per heavy atom. The van der Waals surface area contributed by atoms with Gasteiger partial charge in [0, 0.05) is 71.1 Å². The fourth-order valence-electron chi connectivity index (χ4n) is 8.41. The van der Waals surface area contributed by atoms with Crippen LogP contribution in [0.1, 0.15) is 0 Å². The van der Waals surface area contributed by atoms with E-state index < -0.39 is 123 Å². The van der Waals surface area contributed by atoms with Crippen LogP contribution in [-0.4, -0.2) is 227 Å². The van der Waals surface area contributed by atoms with Gasteiger partial charge >= 0.3 is 0 Å². The molecule has 0 aromatic carbocycles. The summed E-state index contributed by atoms with van der Waals surface area (Å²) in [7, 11) is 15.5. The highest BCUT2D eigenvalue weighted by Crippen LogP contribution is 2.36. The molecule has 55 heavy (non-hydrogen) atoms. The average molecular weight is 801 g/mol. The number of rotatable bonds is 10. The molecule has 0 aromatic rings. The highest BCUT2D eigenvalue weighted by molar-refractivity contribution is 4.96. The molecule has 10 bridgehead atoms. The molecular weight excluding hydrogens is 740 g/mol. The Labute approximate surface area is 321 Å². The fraction of sp³-hybridized carbons (Fsp3) is 1.00. The molecule has 5 unspecified atom stereocenters. The van der Waals surface area contributed by atoms with Crippen molar-refractivity contribution in [2.24, 2.45) is 0 Å². The molecule has 0 aliphatic carbocycles. The maximum absolute atomic E-state index is 6.50. The van der Waals surface area contributed by atoms with E-state index in [0.29, 0.717) is 0 Å². The van der Waals surface area contributed by atoms with Gasteiger partial charge < -0.3 is 94.7 Å². The van der Waals surface area contributed by atoms with E-state index in [9.17, 15) is 0 Å². The van der Waals surface area contributed by atoms with Crippen LogP contribution in [0.3, 0.4) is 0 Å². The highest BCUT2D eigenvalue weighted by atomic mass is 16.8. The Balaban J connectivity index is 1.32. The van der Waals surface area contributed by atoms with Gasteiger partial charge in [-0.1, -0.05) is 0 Å². The first-order chi connectivity index (χ1) is 26.8. The van der Waals surface area contributed by atoms with Gasteiger partial charge in [-0.25, -0.2) is 0 Å². The van der Waals surface area contributed by atoms with Crippen molar-refractivity contribution >= 4 is 0 Å². The van der Waals surface area contributed by atoms with Gasteiger partial charge in [0.1, 0.15) is 91.6 Å². The van der Waals surface area contributed by atoms with Crippen LogP contribution >= 0.6 is 0 Å². The topological polar surface area (TPSA) is 185 Å². The normalized spacial score (nSPS) is 48.5. The van der Waals surface area contributed by atoms with E-state index in [1.165, 1.54) is 0 Å². The van der Waals surface area contributed by atoms with E-state index in [0.717, 1.165) is 0 Å². The van der Waals surface area contributed by atoms with Gasteiger partial charge in [0.2, 0.25) is 0 Å². The molecule has 15 aliphatic heterocycles. The molecular formula is C35H60O20. The molecule has 0 saturated carbocycles. The molecule has 15 aliphatic rings. The summed E-state index contributed by atoms with van der Waals surface area (Å²) in [6.07, 6.45) is -14.7. The minimum absolute atomic E-state index is 0.0659. The predicted octanol–water partition coefficient (Wildman–Crippen LogP) is -1.14. The second-order valence-electron chi connectivity index (χ2n) is 13.9. The maximum Gasteiger partial charge on any atom is 0.187 e. The summed E-state index contributed by atoms with van der Waals surface area (Å²) in [5, 5.41) is 0. The van der Waals surface area contributed by atoms with Crippen LogP contribution in [0.4, 0.5) is 0 Å². The largest absolute Gasteiger partial charge is 0.376 e. The molecule has 15 fully saturated rings. The maximum atomic E-state index is 6.50. The third-order valence-electron chi connectivity index (χ3n) is 11.2. The molecule has 15 saturated heterocycles. The lowest BCUT2D eigenvalue weighted by atomic mass is 10.0. The van der Waals surface area contributed by atoms with Gasteiger partial charge in [-0.05, 0) is 0 Å². The quantitative estimate of drug-likeness (QED) is 0.258. The smallest absolute Gasteiger partial charge is 0.187 e. The van der Waals surface area contributed by atoms with Crippen LogP contribution < -0.4 is 0 Å². The monoisotopic (exact) mass is 800 g/mol. The Morgan fingerprint density at radius 1 is 0.236 bits per heavy atom. The number of hydrogen-bond acceptors (Lipinski definition) is 20. The Hall–Kier alpha value is -0.800. The van der Waals surface area contributed by atoms with Gasteiger partial charge in [-0.2, -0.15) is 0 Å². The van der Waals surface area contributed by atoms with E-state index in [4.69, 9.17) is 94.7 Å². The zero-order valence-electron chi connectivity index (χ0n) is 33.2. The first-order valence-electron chi connectivity index (χ1n) is 18.5. The highest BCUT2D eigenvalue weighted by Gasteiger charge is 2.54. The number of methoxy groups -OCH3 is 10. The molecule has 320 valence electrons. The summed E-state index contributed by atoms with van der Waals surface area (Å²) < 4.78 is 123. The molecule has 20 nitrogen and oxygen atoms in total. The van der Waals surface area contributed by atoms with Crippen LogP contribution in [-0.2, 0) is 94.7 Å². The lowest BCUT2D eigenvalue weighted by Crippen LogP contribution is -2.64. The Morgan fingerprint density at radius 3 is 0.509 bits per heavy atom. The van der Waals surface area contributed by atoms with E-state index in [-0.39, 0.29) is 33.0 Å². The van der Waals surface area contributed by atoms with Gasteiger partial charge in [0.05, 0.1) is 33.0 Å². The second kappa shape index (κ2) is 20.4. The summed E-state index contributed by atoms with van der Waals surface area (Å²) in [4.78, 5) is 0. The standard InChI is InChI=1S/C35H60O20/c1-36-21-16-11-46-31(26(21)41-6)52-17-12-48-33(28(43-8)22(17)37-2)54-19-14-50-35(30(45-10)24(19)39-4)55-20-15-49-34(29(44-9)25(20)40-5)53-18-13-47-32(51-16)27(42-7)23(18)38-3/h16-35H,11-15H2,1-10H3/t16-,17-,18-,19+,20+,21+,22+,23+,24+,25+,26?,27?,28?,29?,30?,31+,32+,33+,34+,35-/m1/s1. The van der Waals surface area contributed by atoms with Crippen molar-refractivity contribution in [1.82, 2.24) is 0 Å². The predicted molar refractivity (Wildman–Crippen MR) is 181 cm³/mol. The zero-order valence-corrected chi connectivity index (χ0v) is 33.2. The van der Waals surface area contributed by atoms with Crippen molar-refractivity contribution in [2.75, 3.05) is 104 Å². The second-order valence-corrected chi connectivity index (χ2v) is 13.9. The first kappa shape index (κ1) is 43.8. The van der Waals surface area contributed by atoms with Gasteiger partial charge in [0.25, 0.3) is 0 Å². The Bertz CT molecular complexity index is 864. The number of hydrogen-bond donors (Lipinski definition) is 0. The molecule has 20 heteroatoms. The van der Waals surface area contributed by atoms with Crippen molar-refractivity contribution in [2.45, 2.75) is 123 Å². The van der Waals surface area contributed by atoms with E-state index >= 15 is 0 Å². The summed E-state index contributed by atoms with van der Waals surface area (Å²) in [5.41, 5.74) is 0. The summed E-state index contributed by atoms with van der Waals surface area (Å²) in [6, 6.07) is 0. The molecule has 15 rings (SSSR count). The van der Waals surface area contributed by atoms with Crippen molar-refractivity contribution in [3.05, 3.63) is 0 Å². The van der Waals surface area contributed by atoms with Crippen LogP contribution in [0.5, 0.6) is 0 Å². The van der Waals surface area contributed by atoms with Gasteiger partial charge in [-0.3, -0.25) is 0 Å². The minimum atomic E-state index is -0.899. The molecule has 0 radical (unpaired) electrons. The van der Waals surface area contributed by atoms with Crippen LogP contribution in [0.2, 0.25) is 0 Å². The van der Waals surface area contributed by atoms with Gasteiger partial charge in [-0.15, -0.1) is 0 Å². The van der Waals surface area contributed by atoms with Crippen LogP contribution in [0, 0.1) is 0 Å². The SMILES string of the molecule is COC1[C@H]2OC[C@H](O[C@H]3OC[C@H](O[C@@H]4OC[C@@H](O[C@@H]5OC[C@@H](O[C@@H]6OC[C@@H](O2)[C@H](OC)C6OC)[C@H](OC)C5OC)[C@H](OC)C4OC)[C@H](OC)C3OC)[C@@H]1OC. The summed E-state index contributed by atoms with van der Waals surface area (Å²) in [6.45, 7) is 0.329. The van der Waals surface area contributed by atoms with Crippen molar-refractivity contribution in [3.63, 3.8) is 0 Å². The van der Waals surface area contributed by atoms with E-state index in [2.05, 4.69) is 0 Å². The van der Waals surface area contributed by atoms with E-state index in [1.54, 1.807) is 71.1 Å². The third kappa shape index (κ3) is 9.04. The molecule has 0 aromatic heterocycles. The summed E-state index contributed by atoms with van der Waals surface area (Å²) in [5.74, 6) is 0. The fourth-order valence-corrected chi connectivity index (χ4v) is 8.41. The first-order valence-corrected chi connectivity index (χ1v) is 18.5. The van der Waals surface area contributed by atoms with Crippen molar-refractivity contribution in [1.29, 1.82) is 0 Å². The van der Waals surface area contributed by atoms with Crippen molar-refractivity contribution in [3.8, 4) is 0 Å². The molecule has 0 N–H and O–H groups in total. The molecule has 0 spiro atoms. The van der Waals surface area contributed by atoms with E-state index in [1.807, 2.05) is 0 Å². The number of ether oxygens (including phenoxy) is 20. The summed E-state index contributed by atoms with van der Waals surface area (Å²) >= 11 is 0. The average Bonchev–Trinajstić information content (AvgIpc) is 3.21. The molecule has 15 heterocycles. The van der Waals surface area contributed by atoms with Crippen LogP contribution in [0.25, 0.3) is 0 Å². The third-order valence-corrected chi connectivity index (χ3v) is 11.2. The molecule has 20 atom stereocenters. The lowest BCUT2D eigenvalue weighted by Gasteiger charge is -2.47. The molecule has 0 amide bonds. The Kier molecular flexibility index (Phi) is 16.3.